The molecular formula is C22H15Cl3N2O2S. The number of aryl methyl sites for hydroxylation is 1. The second-order valence-corrected chi connectivity index (χ2v) is 8.25. The van der Waals surface area contributed by atoms with Crippen molar-refractivity contribution in [2.75, 3.05) is 5.32 Å². The molecule has 0 aliphatic carbocycles. The lowest BCUT2D eigenvalue weighted by atomic mass is 9.91. The summed E-state index contributed by atoms with van der Waals surface area (Å²) in [5, 5.41) is 23.4. The molecule has 8 heteroatoms. The van der Waals surface area contributed by atoms with Crippen molar-refractivity contribution in [3.8, 4) is 11.8 Å². The Morgan fingerprint density at radius 2 is 1.77 bits per heavy atom. The lowest BCUT2D eigenvalue weighted by Crippen LogP contribution is -2.14. The van der Waals surface area contributed by atoms with Crippen LogP contribution in [0.15, 0.2) is 53.4 Å². The zero-order valence-corrected chi connectivity index (χ0v) is 18.7. The van der Waals surface area contributed by atoms with E-state index in [1.54, 1.807) is 43.3 Å². The van der Waals surface area contributed by atoms with E-state index in [-0.39, 0.29) is 21.2 Å². The maximum atomic E-state index is 12.7. The van der Waals surface area contributed by atoms with E-state index in [9.17, 15) is 15.2 Å². The number of phenols is 1. The van der Waals surface area contributed by atoms with Gasteiger partial charge in [-0.3, -0.25) is 4.79 Å². The van der Waals surface area contributed by atoms with Crippen molar-refractivity contribution in [3.05, 3.63) is 85.9 Å². The Kier molecular flexibility index (Phi) is 6.84. The van der Waals surface area contributed by atoms with E-state index in [0.717, 1.165) is 11.1 Å². The quantitative estimate of drug-likeness (QED) is 0.359. The first kappa shape index (κ1) is 22.3. The fraction of sp³-hybridized carbons (Fsp3) is 0.0909. The highest BCUT2D eigenvalue weighted by Gasteiger charge is 2.20. The SMILES string of the molecule is Cc1cc(C(C#N)c2ccc(Cl)cc2)c(Cl)cc1NC(=O)c1ccc(Cl)c(O)c1S. The lowest BCUT2D eigenvalue weighted by molar-refractivity contribution is 0.102. The highest BCUT2D eigenvalue weighted by atomic mass is 35.5. The number of nitriles is 1. The van der Waals surface area contributed by atoms with Crippen LogP contribution in [0.2, 0.25) is 15.1 Å². The maximum absolute atomic E-state index is 12.7. The van der Waals surface area contributed by atoms with Crippen LogP contribution >= 0.6 is 47.4 Å². The number of hydrogen-bond donors (Lipinski definition) is 3. The van der Waals surface area contributed by atoms with Crippen LogP contribution in [-0.4, -0.2) is 11.0 Å². The van der Waals surface area contributed by atoms with E-state index < -0.39 is 11.8 Å². The van der Waals surface area contributed by atoms with E-state index in [1.165, 1.54) is 12.1 Å². The first-order chi connectivity index (χ1) is 14.2. The summed E-state index contributed by atoms with van der Waals surface area (Å²) < 4.78 is 0. The number of benzene rings is 3. The van der Waals surface area contributed by atoms with Crippen molar-refractivity contribution in [2.45, 2.75) is 17.7 Å². The van der Waals surface area contributed by atoms with Crippen LogP contribution in [0, 0.1) is 18.3 Å². The van der Waals surface area contributed by atoms with E-state index in [2.05, 4.69) is 24.0 Å². The molecule has 30 heavy (non-hydrogen) atoms. The largest absolute Gasteiger partial charge is 0.505 e. The Balaban J connectivity index is 1.93. The van der Waals surface area contributed by atoms with Gasteiger partial charge in [-0.15, -0.1) is 12.6 Å². The molecule has 4 nitrogen and oxygen atoms in total. The molecular weight excluding hydrogens is 463 g/mol. The number of phenolic OH excluding ortho intramolecular Hbond substituents is 1. The van der Waals surface area contributed by atoms with Crippen molar-refractivity contribution < 1.29 is 9.90 Å². The first-order valence-electron chi connectivity index (χ1n) is 8.69. The van der Waals surface area contributed by atoms with Crippen molar-refractivity contribution in [1.29, 1.82) is 5.26 Å². The fourth-order valence-corrected chi connectivity index (χ4v) is 3.89. The topological polar surface area (TPSA) is 73.1 Å². The van der Waals surface area contributed by atoms with E-state index >= 15 is 0 Å². The van der Waals surface area contributed by atoms with E-state index in [1.807, 2.05) is 0 Å². The predicted octanol–water partition coefficient (Wildman–Crippen LogP) is 6.86. The van der Waals surface area contributed by atoms with Crippen molar-refractivity contribution in [2.24, 2.45) is 0 Å². The number of carbonyl (C=O) groups excluding carboxylic acids is 1. The summed E-state index contributed by atoms with van der Waals surface area (Å²) in [4.78, 5) is 12.7. The lowest BCUT2D eigenvalue weighted by Gasteiger charge is -2.16. The Bertz CT molecular complexity index is 1170. The van der Waals surface area contributed by atoms with Crippen LogP contribution in [-0.2, 0) is 0 Å². The molecule has 2 N–H and O–H groups in total. The number of anilines is 1. The van der Waals surface area contributed by atoms with Gasteiger partial charge in [-0.2, -0.15) is 5.26 Å². The molecule has 0 bridgehead atoms. The average Bonchev–Trinajstić information content (AvgIpc) is 2.71. The minimum Gasteiger partial charge on any atom is -0.505 e. The van der Waals surface area contributed by atoms with Gasteiger partial charge in [0, 0.05) is 15.7 Å². The standard InChI is InChI=1S/C22H15Cl3N2O2S/c1-11-8-15(16(10-26)12-2-4-13(23)5-3-12)18(25)9-19(11)27-22(29)14-6-7-17(24)20(28)21(14)30/h2-9,16,28,30H,1H3,(H,27,29). The summed E-state index contributed by atoms with van der Waals surface area (Å²) in [7, 11) is 0. The normalized spacial score (nSPS) is 11.6. The Hall–Kier alpha value is -2.36. The number of rotatable bonds is 4. The zero-order chi connectivity index (χ0) is 22.0. The average molecular weight is 478 g/mol. The molecule has 0 saturated carbocycles. The molecule has 3 aromatic rings. The number of amides is 1. The molecule has 0 aliphatic rings. The number of thiol groups is 1. The Morgan fingerprint density at radius 1 is 1.10 bits per heavy atom. The monoisotopic (exact) mass is 476 g/mol. The molecule has 0 fully saturated rings. The molecule has 0 radical (unpaired) electrons. The number of aromatic hydroxyl groups is 1. The van der Waals surface area contributed by atoms with Crippen LogP contribution in [0.25, 0.3) is 0 Å². The number of hydrogen-bond acceptors (Lipinski definition) is 4. The summed E-state index contributed by atoms with van der Waals surface area (Å²) in [6.45, 7) is 1.80. The smallest absolute Gasteiger partial charge is 0.256 e. The van der Waals surface area contributed by atoms with Gasteiger partial charge in [0.25, 0.3) is 5.91 Å². The van der Waals surface area contributed by atoms with Crippen LogP contribution in [0.3, 0.4) is 0 Å². The van der Waals surface area contributed by atoms with Gasteiger partial charge in [0.2, 0.25) is 0 Å². The number of carbonyl (C=O) groups is 1. The molecule has 0 heterocycles. The molecule has 0 aromatic heterocycles. The van der Waals surface area contributed by atoms with Gasteiger partial charge in [0.15, 0.2) is 0 Å². The van der Waals surface area contributed by atoms with Gasteiger partial charge in [-0.1, -0.05) is 53.0 Å². The molecule has 152 valence electrons. The Morgan fingerprint density at radius 3 is 2.40 bits per heavy atom. The summed E-state index contributed by atoms with van der Waals surface area (Å²) in [6.07, 6.45) is 0. The summed E-state index contributed by atoms with van der Waals surface area (Å²) in [5.74, 6) is -1.33. The number of nitrogens with zero attached hydrogens (tertiary/aromatic N) is 1. The van der Waals surface area contributed by atoms with Gasteiger partial charge in [-0.25, -0.2) is 0 Å². The molecule has 1 atom stereocenters. The number of halogens is 3. The third kappa shape index (κ3) is 4.53. The van der Waals surface area contributed by atoms with Crippen LogP contribution < -0.4 is 5.32 Å². The van der Waals surface area contributed by atoms with E-state index in [4.69, 9.17) is 34.8 Å². The summed E-state index contributed by atoms with van der Waals surface area (Å²) in [6, 6.07) is 15.5. The first-order valence-corrected chi connectivity index (χ1v) is 10.3. The van der Waals surface area contributed by atoms with Gasteiger partial charge < -0.3 is 10.4 Å². The van der Waals surface area contributed by atoms with Crippen LogP contribution in [0.5, 0.6) is 5.75 Å². The van der Waals surface area contributed by atoms with Crippen LogP contribution in [0.1, 0.15) is 33.0 Å². The molecule has 1 unspecified atom stereocenters. The highest BCUT2D eigenvalue weighted by molar-refractivity contribution is 7.80. The second-order valence-electron chi connectivity index (χ2n) is 6.55. The van der Waals surface area contributed by atoms with Gasteiger partial charge in [-0.05, 0) is 53.9 Å². The van der Waals surface area contributed by atoms with Gasteiger partial charge in [0.1, 0.15) is 5.75 Å². The minimum atomic E-state index is -0.588. The summed E-state index contributed by atoms with van der Waals surface area (Å²) in [5.41, 5.74) is 2.74. The molecule has 3 rings (SSSR count). The molecule has 3 aromatic carbocycles. The summed E-state index contributed by atoms with van der Waals surface area (Å²) >= 11 is 22.4. The highest BCUT2D eigenvalue weighted by Crippen LogP contribution is 2.36. The molecule has 0 aliphatic heterocycles. The minimum absolute atomic E-state index is 0.0765. The van der Waals surface area contributed by atoms with Crippen molar-refractivity contribution in [1.82, 2.24) is 0 Å². The van der Waals surface area contributed by atoms with Crippen LogP contribution in [0.4, 0.5) is 5.69 Å². The molecule has 0 spiro atoms. The predicted molar refractivity (Wildman–Crippen MR) is 123 cm³/mol. The van der Waals surface area contributed by atoms with Crippen molar-refractivity contribution in [3.63, 3.8) is 0 Å². The van der Waals surface area contributed by atoms with Gasteiger partial charge in [0.05, 0.1) is 27.5 Å². The maximum Gasteiger partial charge on any atom is 0.256 e. The molecule has 0 saturated heterocycles. The fourth-order valence-electron chi connectivity index (χ4n) is 2.97. The zero-order valence-electron chi connectivity index (χ0n) is 15.6. The van der Waals surface area contributed by atoms with E-state index in [0.29, 0.717) is 21.3 Å². The third-order valence-electron chi connectivity index (χ3n) is 4.58. The second kappa shape index (κ2) is 9.20. The number of nitrogens with one attached hydrogen (secondary N) is 1. The Labute approximate surface area is 194 Å². The van der Waals surface area contributed by atoms with Gasteiger partial charge >= 0.3 is 0 Å². The molecule has 1 amide bonds. The van der Waals surface area contributed by atoms with Crippen molar-refractivity contribution >= 4 is 59.0 Å². The third-order valence-corrected chi connectivity index (χ3v) is 5.92.